The minimum atomic E-state index is -0.514. The van der Waals surface area contributed by atoms with E-state index in [0.29, 0.717) is 33.3 Å². The Morgan fingerprint density at radius 2 is 1.79 bits per heavy atom. The summed E-state index contributed by atoms with van der Waals surface area (Å²) in [5, 5.41) is 10.9. The first-order chi connectivity index (χ1) is 15.7. The van der Waals surface area contributed by atoms with Crippen molar-refractivity contribution in [1.29, 1.82) is 0 Å². The van der Waals surface area contributed by atoms with Crippen molar-refractivity contribution in [3.63, 3.8) is 0 Å². The second kappa shape index (κ2) is 7.74. The van der Waals surface area contributed by atoms with Crippen LogP contribution >= 0.6 is 11.3 Å². The number of fused-ring (bicyclic) bond motifs is 1. The molecule has 2 aliphatic rings. The average Bonchev–Trinajstić information content (AvgIpc) is 3.07. The highest BCUT2D eigenvalue weighted by molar-refractivity contribution is 7.07. The van der Waals surface area contributed by atoms with Crippen LogP contribution in [0, 0.1) is 15.5 Å². The number of nitrogens with zero attached hydrogens (tertiary/aromatic N) is 3. The van der Waals surface area contributed by atoms with Crippen LogP contribution < -0.4 is 14.9 Å². The third-order valence-corrected chi connectivity index (χ3v) is 7.00. The summed E-state index contributed by atoms with van der Waals surface area (Å²) in [6, 6.07) is 15.1. The minimum Gasteiger partial charge on any atom is -0.294 e. The first kappa shape index (κ1) is 21.2. The number of non-ortho nitro benzene ring substituents is 1. The maximum absolute atomic E-state index is 13.5. The number of carbonyl (C=O) groups is 1. The second-order valence-corrected chi connectivity index (χ2v) is 10.2. The monoisotopic (exact) mass is 459 g/mol. The van der Waals surface area contributed by atoms with E-state index in [1.165, 1.54) is 23.5 Å². The van der Waals surface area contributed by atoms with Gasteiger partial charge in [-0.3, -0.25) is 24.3 Å². The van der Waals surface area contributed by atoms with Crippen LogP contribution in [0.3, 0.4) is 0 Å². The van der Waals surface area contributed by atoms with Gasteiger partial charge in [0, 0.05) is 24.1 Å². The number of nitro groups is 1. The lowest BCUT2D eigenvalue weighted by Crippen LogP contribution is -2.42. The molecule has 8 heteroatoms. The lowest BCUT2D eigenvalue weighted by atomic mass is 9.73. The van der Waals surface area contributed by atoms with Gasteiger partial charge in [-0.1, -0.05) is 55.5 Å². The predicted octanol–water partition coefficient (Wildman–Crippen LogP) is 3.51. The summed E-state index contributed by atoms with van der Waals surface area (Å²) in [6.07, 6.45) is 2.80. The average molecular weight is 460 g/mol. The fraction of sp³-hybridized carbons (Fsp3) is 0.240. The number of carbonyl (C=O) groups excluding carboxylic acids is 1. The van der Waals surface area contributed by atoms with Crippen LogP contribution in [0.5, 0.6) is 0 Å². The van der Waals surface area contributed by atoms with E-state index < -0.39 is 11.0 Å². The molecule has 0 radical (unpaired) electrons. The van der Waals surface area contributed by atoms with Gasteiger partial charge in [-0.05, 0) is 41.2 Å². The Morgan fingerprint density at radius 3 is 2.45 bits per heavy atom. The zero-order valence-electron chi connectivity index (χ0n) is 18.1. The maximum Gasteiger partial charge on any atom is 0.271 e. The van der Waals surface area contributed by atoms with E-state index in [2.05, 4.69) is 13.8 Å². The Labute approximate surface area is 193 Å². The lowest BCUT2D eigenvalue weighted by molar-refractivity contribution is -0.384. The van der Waals surface area contributed by atoms with Crippen LogP contribution in [0.15, 0.2) is 75.7 Å². The van der Waals surface area contributed by atoms with Crippen molar-refractivity contribution < 1.29 is 9.72 Å². The molecule has 2 aromatic carbocycles. The Hall–Kier alpha value is -3.65. The summed E-state index contributed by atoms with van der Waals surface area (Å²) >= 11 is 1.27. The quantitative estimate of drug-likeness (QED) is 0.442. The molecule has 3 aromatic rings. The first-order valence-electron chi connectivity index (χ1n) is 10.6. The number of hydrogen-bond acceptors (Lipinski definition) is 6. The summed E-state index contributed by atoms with van der Waals surface area (Å²) in [6.45, 7) is 4.12. The first-order valence-corrected chi connectivity index (χ1v) is 11.4. The zero-order chi connectivity index (χ0) is 23.3. The van der Waals surface area contributed by atoms with Gasteiger partial charge in [-0.25, -0.2) is 4.99 Å². The molecule has 166 valence electrons. The van der Waals surface area contributed by atoms with Crippen molar-refractivity contribution in [2.24, 2.45) is 10.4 Å². The van der Waals surface area contributed by atoms with Crippen LogP contribution in [-0.2, 0) is 4.79 Å². The number of hydrogen-bond donors (Lipinski definition) is 0. The van der Waals surface area contributed by atoms with Gasteiger partial charge >= 0.3 is 0 Å². The van der Waals surface area contributed by atoms with Crippen molar-refractivity contribution in [3.8, 4) is 0 Å². The highest BCUT2D eigenvalue weighted by Gasteiger charge is 2.40. The predicted molar refractivity (Wildman–Crippen MR) is 126 cm³/mol. The molecule has 7 nitrogen and oxygen atoms in total. The van der Waals surface area contributed by atoms with Crippen molar-refractivity contribution in [3.05, 3.63) is 107 Å². The third-order valence-electron chi connectivity index (χ3n) is 6.01. The zero-order valence-corrected chi connectivity index (χ0v) is 19.0. The van der Waals surface area contributed by atoms with Gasteiger partial charge in [0.25, 0.3) is 11.2 Å². The summed E-state index contributed by atoms with van der Waals surface area (Å²) in [5.74, 6) is 0.0310. The molecule has 0 saturated carbocycles. The largest absolute Gasteiger partial charge is 0.294 e. The molecule has 2 heterocycles. The maximum atomic E-state index is 13.5. The van der Waals surface area contributed by atoms with Crippen LogP contribution in [0.2, 0.25) is 0 Å². The molecule has 1 atom stereocenters. The molecule has 1 aliphatic heterocycles. The van der Waals surface area contributed by atoms with Crippen LogP contribution in [0.1, 0.15) is 43.9 Å². The summed E-state index contributed by atoms with van der Waals surface area (Å²) in [5.41, 5.74) is 2.50. The lowest BCUT2D eigenvalue weighted by Gasteiger charge is -2.35. The molecule has 0 fully saturated rings. The molecule has 0 N–H and O–H groups in total. The fourth-order valence-electron chi connectivity index (χ4n) is 4.54. The molecule has 5 rings (SSSR count). The SMILES string of the molecule is CC1(C)CC(=O)C2=C(C1)N=c1sc(=Cc3ccc([N+](=O)[O-])cc3)c(=O)n1C2c1ccccc1. The van der Waals surface area contributed by atoms with E-state index in [0.717, 1.165) is 11.3 Å². The van der Waals surface area contributed by atoms with Gasteiger partial charge in [0.2, 0.25) is 0 Å². The number of ketones is 1. The van der Waals surface area contributed by atoms with Crippen molar-refractivity contribution >= 4 is 28.9 Å². The molecular formula is C25H21N3O4S. The number of allylic oxidation sites excluding steroid dienone is 2. The Balaban J connectivity index is 1.72. The van der Waals surface area contributed by atoms with Crippen molar-refractivity contribution in [2.75, 3.05) is 0 Å². The molecule has 0 saturated heterocycles. The molecule has 0 spiro atoms. The van der Waals surface area contributed by atoms with Crippen LogP contribution in [-0.4, -0.2) is 15.3 Å². The molecule has 0 amide bonds. The number of rotatable bonds is 3. The topological polar surface area (TPSA) is 94.6 Å². The van der Waals surface area contributed by atoms with Gasteiger partial charge < -0.3 is 0 Å². The third kappa shape index (κ3) is 3.76. The summed E-state index contributed by atoms with van der Waals surface area (Å²) in [4.78, 5) is 42.6. The van der Waals surface area contributed by atoms with E-state index in [-0.39, 0.29) is 22.4 Å². The number of nitro benzene ring substituents is 1. The van der Waals surface area contributed by atoms with Crippen LogP contribution in [0.25, 0.3) is 6.08 Å². The van der Waals surface area contributed by atoms with Crippen molar-refractivity contribution in [2.45, 2.75) is 32.7 Å². The normalized spacial score (nSPS) is 19.6. The highest BCUT2D eigenvalue weighted by Crippen LogP contribution is 2.43. The van der Waals surface area contributed by atoms with Gasteiger partial charge in [-0.2, -0.15) is 0 Å². The van der Waals surface area contributed by atoms with E-state index in [4.69, 9.17) is 4.99 Å². The summed E-state index contributed by atoms with van der Waals surface area (Å²) < 4.78 is 2.09. The number of benzene rings is 2. The second-order valence-electron chi connectivity index (χ2n) is 9.14. The molecule has 1 aromatic heterocycles. The smallest absolute Gasteiger partial charge is 0.271 e. The van der Waals surface area contributed by atoms with Gasteiger partial charge in [0.1, 0.15) is 0 Å². The number of Topliss-reactive ketones (excluding diaryl/α,β-unsaturated/α-hetero) is 1. The highest BCUT2D eigenvalue weighted by atomic mass is 32.1. The molecule has 33 heavy (non-hydrogen) atoms. The Morgan fingerprint density at radius 1 is 1.09 bits per heavy atom. The van der Waals surface area contributed by atoms with Crippen molar-refractivity contribution in [1.82, 2.24) is 4.57 Å². The number of thiazole rings is 1. The molecule has 0 bridgehead atoms. The Kier molecular flexibility index (Phi) is 4.97. The Bertz CT molecular complexity index is 1500. The number of aromatic nitrogens is 1. The van der Waals surface area contributed by atoms with Crippen LogP contribution in [0.4, 0.5) is 5.69 Å². The van der Waals surface area contributed by atoms with Gasteiger partial charge in [0.05, 0.1) is 21.2 Å². The van der Waals surface area contributed by atoms with E-state index in [1.807, 2.05) is 30.3 Å². The molecule has 1 unspecified atom stereocenters. The van der Waals surface area contributed by atoms with E-state index in [9.17, 15) is 19.7 Å². The molecular weight excluding hydrogens is 438 g/mol. The standard InChI is InChI=1S/C25H21N3O4S/c1-25(2)13-18-21(19(29)14-25)22(16-6-4-3-5-7-16)27-23(30)20(33-24(27)26-18)12-15-8-10-17(11-9-15)28(31)32/h3-12,22H,13-14H2,1-2H3. The van der Waals surface area contributed by atoms with Gasteiger partial charge in [0.15, 0.2) is 10.6 Å². The summed E-state index contributed by atoms with van der Waals surface area (Å²) in [7, 11) is 0. The van der Waals surface area contributed by atoms with E-state index >= 15 is 0 Å². The minimum absolute atomic E-state index is 0.00788. The molecule has 1 aliphatic carbocycles. The van der Waals surface area contributed by atoms with E-state index in [1.54, 1.807) is 22.8 Å². The van der Waals surface area contributed by atoms with Gasteiger partial charge in [-0.15, -0.1) is 0 Å². The fourth-order valence-corrected chi connectivity index (χ4v) is 5.56.